The number of amides is 1. The molecule has 18 heavy (non-hydrogen) atoms. The van der Waals surface area contributed by atoms with Gasteiger partial charge in [-0.2, -0.15) is 0 Å². The molecule has 0 aliphatic heterocycles. The van der Waals surface area contributed by atoms with Crippen LogP contribution in [0.3, 0.4) is 0 Å². The minimum atomic E-state index is -1.17. The van der Waals surface area contributed by atoms with Crippen LogP contribution in [0.5, 0.6) is 0 Å². The molecule has 0 aliphatic carbocycles. The maximum Gasteiger partial charge on any atom is 0.358 e. The van der Waals surface area contributed by atoms with Gasteiger partial charge in [0, 0.05) is 20.5 Å². The normalized spacial score (nSPS) is 12.2. The first-order valence-corrected chi connectivity index (χ1v) is 5.48. The summed E-state index contributed by atoms with van der Waals surface area (Å²) < 4.78 is 1.32. The number of hydrogen-bond acceptors (Lipinski definition) is 5. The van der Waals surface area contributed by atoms with Gasteiger partial charge in [0.1, 0.15) is 6.04 Å². The molecule has 0 aliphatic rings. The topological polar surface area (TPSA) is 114 Å². The standard InChI is InChI=1S/C10H17N5O3/c1-6(9(16)14(2)3)15-7(4-5-11)8(10(17)18)12-13-15/h6H,4-5,11H2,1-3H3,(H,17,18). The van der Waals surface area contributed by atoms with Gasteiger partial charge in [-0.3, -0.25) is 4.79 Å². The third kappa shape index (κ3) is 2.65. The SMILES string of the molecule is CC(C(=O)N(C)C)n1nnc(C(=O)O)c1CCN. The zero-order chi connectivity index (χ0) is 13.9. The molecule has 8 nitrogen and oxygen atoms in total. The second-order valence-corrected chi connectivity index (χ2v) is 4.08. The van der Waals surface area contributed by atoms with Crippen LogP contribution in [-0.2, 0) is 11.2 Å². The molecule has 1 aromatic heterocycles. The lowest BCUT2D eigenvalue weighted by atomic mass is 10.2. The Balaban J connectivity index is 3.16. The van der Waals surface area contributed by atoms with E-state index in [1.807, 2.05) is 0 Å². The van der Waals surface area contributed by atoms with Crippen molar-refractivity contribution in [2.24, 2.45) is 5.73 Å². The summed E-state index contributed by atoms with van der Waals surface area (Å²) in [5, 5.41) is 16.3. The minimum absolute atomic E-state index is 0.154. The van der Waals surface area contributed by atoms with Crippen LogP contribution in [0, 0.1) is 0 Å². The molecule has 0 bridgehead atoms. The van der Waals surface area contributed by atoms with Crippen molar-refractivity contribution in [1.29, 1.82) is 0 Å². The second kappa shape index (κ2) is 5.58. The molecule has 1 aromatic rings. The van der Waals surface area contributed by atoms with Gasteiger partial charge < -0.3 is 15.7 Å². The first-order chi connectivity index (χ1) is 8.40. The number of likely N-dealkylation sites (N-methyl/N-ethyl adjacent to an activating group) is 1. The number of aromatic nitrogens is 3. The number of carboxylic acid groups (broad SMARTS) is 1. The molecule has 0 saturated carbocycles. The van der Waals surface area contributed by atoms with Gasteiger partial charge >= 0.3 is 5.97 Å². The molecule has 8 heteroatoms. The molecule has 0 fully saturated rings. The van der Waals surface area contributed by atoms with Crippen molar-refractivity contribution in [3.8, 4) is 0 Å². The lowest BCUT2D eigenvalue weighted by Gasteiger charge is -2.18. The van der Waals surface area contributed by atoms with Crippen LogP contribution < -0.4 is 5.73 Å². The minimum Gasteiger partial charge on any atom is -0.476 e. The van der Waals surface area contributed by atoms with Gasteiger partial charge in [0.25, 0.3) is 0 Å². The highest BCUT2D eigenvalue weighted by atomic mass is 16.4. The summed E-state index contributed by atoms with van der Waals surface area (Å²) in [6, 6.07) is -0.609. The summed E-state index contributed by atoms with van der Waals surface area (Å²) in [4.78, 5) is 24.2. The van der Waals surface area contributed by atoms with Gasteiger partial charge in [-0.25, -0.2) is 9.48 Å². The summed E-state index contributed by atoms with van der Waals surface area (Å²) >= 11 is 0. The van der Waals surface area contributed by atoms with Crippen LogP contribution in [0.1, 0.15) is 29.1 Å². The van der Waals surface area contributed by atoms with E-state index >= 15 is 0 Å². The van der Waals surface area contributed by atoms with Gasteiger partial charge in [-0.1, -0.05) is 5.21 Å². The molecule has 0 radical (unpaired) electrons. The maximum absolute atomic E-state index is 11.8. The largest absolute Gasteiger partial charge is 0.476 e. The lowest BCUT2D eigenvalue weighted by molar-refractivity contribution is -0.132. The fourth-order valence-corrected chi connectivity index (χ4v) is 1.64. The molecule has 3 N–H and O–H groups in total. The molecular formula is C10H17N5O3. The molecular weight excluding hydrogens is 238 g/mol. The zero-order valence-electron chi connectivity index (χ0n) is 10.6. The number of nitrogens with two attached hydrogens (primary N) is 1. The Labute approximate surface area is 104 Å². The van der Waals surface area contributed by atoms with E-state index in [0.717, 1.165) is 0 Å². The number of carbonyl (C=O) groups is 2. The molecule has 1 heterocycles. The number of carbonyl (C=O) groups excluding carboxylic acids is 1. The fourth-order valence-electron chi connectivity index (χ4n) is 1.64. The third-order valence-electron chi connectivity index (χ3n) is 2.54. The number of hydrogen-bond donors (Lipinski definition) is 2. The van der Waals surface area contributed by atoms with Crippen molar-refractivity contribution < 1.29 is 14.7 Å². The van der Waals surface area contributed by atoms with Crippen molar-refractivity contribution >= 4 is 11.9 Å². The number of rotatable bonds is 5. The van der Waals surface area contributed by atoms with Crippen LogP contribution >= 0.6 is 0 Å². The van der Waals surface area contributed by atoms with Gasteiger partial charge in [-0.05, 0) is 13.5 Å². The van der Waals surface area contributed by atoms with Crippen LogP contribution in [0.4, 0.5) is 0 Å². The highest BCUT2D eigenvalue weighted by Gasteiger charge is 2.25. The summed E-state index contributed by atoms with van der Waals surface area (Å²) in [5.41, 5.74) is 5.65. The Morgan fingerprint density at radius 1 is 1.50 bits per heavy atom. The van der Waals surface area contributed by atoms with E-state index in [4.69, 9.17) is 10.8 Å². The Bertz CT molecular complexity index is 454. The smallest absolute Gasteiger partial charge is 0.358 e. The van der Waals surface area contributed by atoms with Crippen molar-refractivity contribution in [3.05, 3.63) is 11.4 Å². The van der Waals surface area contributed by atoms with Crippen molar-refractivity contribution in [2.45, 2.75) is 19.4 Å². The van der Waals surface area contributed by atoms with Crippen molar-refractivity contribution in [3.63, 3.8) is 0 Å². The van der Waals surface area contributed by atoms with E-state index in [0.29, 0.717) is 12.1 Å². The van der Waals surface area contributed by atoms with E-state index in [1.54, 1.807) is 21.0 Å². The van der Waals surface area contributed by atoms with Crippen LogP contribution in [-0.4, -0.2) is 57.5 Å². The van der Waals surface area contributed by atoms with Gasteiger partial charge in [0.2, 0.25) is 5.91 Å². The highest BCUT2D eigenvalue weighted by molar-refractivity contribution is 5.87. The second-order valence-electron chi connectivity index (χ2n) is 4.08. The average molecular weight is 255 g/mol. The number of nitrogens with zero attached hydrogens (tertiary/aromatic N) is 4. The quantitative estimate of drug-likeness (QED) is 0.706. The molecule has 1 atom stereocenters. The first-order valence-electron chi connectivity index (χ1n) is 5.48. The van der Waals surface area contributed by atoms with Gasteiger partial charge in [-0.15, -0.1) is 5.10 Å². The molecule has 100 valence electrons. The average Bonchev–Trinajstić information content (AvgIpc) is 2.71. The van der Waals surface area contributed by atoms with E-state index in [1.165, 1.54) is 9.58 Å². The van der Waals surface area contributed by atoms with Crippen LogP contribution in [0.15, 0.2) is 0 Å². The summed E-state index contributed by atoms with van der Waals surface area (Å²) in [5.74, 6) is -1.36. The summed E-state index contributed by atoms with van der Waals surface area (Å²) in [6.45, 7) is 1.90. The number of aromatic carboxylic acids is 1. The van der Waals surface area contributed by atoms with E-state index < -0.39 is 12.0 Å². The Morgan fingerprint density at radius 3 is 2.56 bits per heavy atom. The fraction of sp³-hybridized carbons (Fsp3) is 0.600. The molecule has 0 saturated heterocycles. The Kier molecular flexibility index (Phi) is 4.38. The molecule has 0 aromatic carbocycles. The first kappa shape index (κ1) is 14.1. The predicted molar refractivity (Wildman–Crippen MR) is 63.1 cm³/mol. The molecule has 1 rings (SSSR count). The van der Waals surface area contributed by atoms with Crippen molar-refractivity contribution in [1.82, 2.24) is 19.9 Å². The monoisotopic (exact) mass is 255 g/mol. The summed E-state index contributed by atoms with van der Waals surface area (Å²) in [7, 11) is 3.24. The Morgan fingerprint density at radius 2 is 2.11 bits per heavy atom. The molecule has 1 unspecified atom stereocenters. The van der Waals surface area contributed by atoms with Gasteiger partial charge in [0.15, 0.2) is 5.69 Å². The van der Waals surface area contributed by atoms with E-state index in [9.17, 15) is 9.59 Å². The highest BCUT2D eigenvalue weighted by Crippen LogP contribution is 2.14. The van der Waals surface area contributed by atoms with Crippen LogP contribution in [0.25, 0.3) is 0 Å². The lowest BCUT2D eigenvalue weighted by Crippen LogP contribution is -2.31. The predicted octanol–water partition coefficient (Wildman–Crippen LogP) is -0.873. The molecule has 1 amide bonds. The van der Waals surface area contributed by atoms with E-state index in [2.05, 4.69) is 10.3 Å². The van der Waals surface area contributed by atoms with Crippen molar-refractivity contribution in [2.75, 3.05) is 20.6 Å². The van der Waals surface area contributed by atoms with Crippen LogP contribution in [0.2, 0.25) is 0 Å². The summed E-state index contributed by atoms with van der Waals surface area (Å²) in [6.07, 6.45) is 0.305. The van der Waals surface area contributed by atoms with Gasteiger partial charge in [0.05, 0.1) is 5.69 Å². The molecule has 0 spiro atoms. The number of carboxylic acids is 1. The maximum atomic E-state index is 11.8. The third-order valence-corrected chi connectivity index (χ3v) is 2.54. The Hall–Kier alpha value is -1.96. The van der Waals surface area contributed by atoms with E-state index in [-0.39, 0.29) is 18.1 Å². The zero-order valence-corrected chi connectivity index (χ0v) is 10.6.